The average Bonchev–Trinajstić information content (AvgIpc) is 2.08. The lowest BCUT2D eigenvalue weighted by Crippen LogP contribution is -2.30. The number of carbonyl (C=O) groups excluding carboxylic acids is 1. The van der Waals surface area contributed by atoms with Crippen molar-refractivity contribution < 1.29 is 9.53 Å². The highest BCUT2D eigenvalue weighted by Gasteiger charge is 2.09. The van der Waals surface area contributed by atoms with Crippen LogP contribution in [0.1, 0.15) is 6.92 Å². The van der Waals surface area contributed by atoms with E-state index in [1.54, 1.807) is 31.2 Å². The summed E-state index contributed by atoms with van der Waals surface area (Å²) in [5.41, 5.74) is 5.33. The molecule has 0 aliphatic rings. The molecule has 0 aromatic heterocycles. The molecule has 0 unspecified atom stereocenters. The van der Waals surface area contributed by atoms with Crippen LogP contribution in [0.2, 0.25) is 0 Å². The summed E-state index contributed by atoms with van der Waals surface area (Å²) in [5, 5.41) is 0. The van der Waals surface area contributed by atoms with Gasteiger partial charge >= 0.3 is 5.97 Å². The Morgan fingerprint density at radius 1 is 1.43 bits per heavy atom. The summed E-state index contributed by atoms with van der Waals surface area (Å²) in [6, 6.07) is 6.39. The van der Waals surface area contributed by atoms with Gasteiger partial charge < -0.3 is 10.5 Å². The lowest BCUT2D eigenvalue weighted by molar-refractivity contribution is -0.135. The van der Waals surface area contributed by atoms with Crippen LogP contribution in [0.4, 0.5) is 0 Å². The zero-order valence-electron chi connectivity index (χ0n) is 7.57. The first kappa shape index (κ1) is 13.4. The third-order valence-electron chi connectivity index (χ3n) is 1.40. The molecule has 0 saturated heterocycles. The summed E-state index contributed by atoms with van der Waals surface area (Å²) >= 11 is 3.28. The molecule has 5 heteroatoms. The average molecular weight is 281 g/mol. The van der Waals surface area contributed by atoms with Crippen molar-refractivity contribution in [3.63, 3.8) is 0 Å². The molecular weight excluding hydrogens is 269 g/mol. The van der Waals surface area contributed by atoms with Gasteiger partial charge in [-0.1, -0.05) is 15.9 Å². The molecule has 1 rings (SSSR count). The third-order valence-corrected chi connectivity index (χ3v) is 1.93. The van der Waals surface area contributed by atoms with E-state index in [0.29, 0.717) is 5.75 Å². The fraction of sp³-hybridized carbons (Fsp3) is 0.222. The van der Waals surface area contributed by atoms with Crippen LogP contribution in [-0.2, 0) is 4.79 Å². The predicted molar refractivity (Wildman–Crippen MR) is 60.7 cm³/mol. The molecule has 0 amide bonds. The van der Waals surface area contributed by atoms with Crippen LogP contribution >= 0.6 is 28.3 Å². The number of hydrogen-bond acceptors (Lipinski definition) is 3. The van der Waals surface area contributed by atoms with Gasteiger partial charge in [0.15, 0.2) is 0 Å². The van der Waals surface area contributed by atoms with Gasteiger partial charge in [-0.3, -0.25) is 0 Å². The fourth-order valence-electron chi connectivity index (χ4n) is 0.712. The van der Waals surface area contributed by atoms with Gasteiger partial charge in [0.1, 0.15) is 11.8 Å². The smallest absolute Gasteiger partial charge is 0.328 e. The number of ether oxygens (including phenoxy) is 1. The van der Waals surface area contributed by atoms with E-state index in [1.165, 1.54) is 0 Å². The van der Waals surface area contributed by atoms with Crippen LogP contribution in [0, 0.1) is 0 Å². The topological polar surface area (TPSA) is 52.3 Å². The molecule has 0 heterocycles. The maximum atomic E-state index is 11.0. The van der Waals surface area contributed by atoms with Crippen LogP contribution in [0.5, 0.6) is 5.75 Å². The van der Waals surface area contributed by atoms with Gasteiger partial charge in [0.2, 0.25) is 0 Å². The second-order valence-corrected chi connectivity index (χ2v) is 3.58. The molecular formula is C9H11BrClNO2. The van der Waals surface area contributed by atoms with E-state index in [-0.39, 0.29) is 12.4 Å². The first-order chi connectivity index (χ1) is 6.09. The van der Waals surface area contributed by atoms with Gasteiger partial charge in [-0.2, -0.15) is 0 Å². The van der Waals surface area contributed by atoms with E-state index < -0.39 is 12.0 Å². The van der Waals surface area contributed by atoms with Crippen LogP contribution in [0.25, 0.3) is 0 Å². The monoisotopic (exact) mass is 279 g/mol. The lowest BCUT2D eigenvalue weighted by atomic mass is 10.3. The molecule has 3 nitrogen and oxygen atoms in total. The quantitative estimate of drug-likeness (QED) is 0.667. The van der Waals surface area contributed by atoms with Crippen molar-refractivity contribution in [3.8, 4) is 5.75 Å². The molecule has 78 valence electrons. The molecule has 1 atom stereocenters. The summed E-state index contributed by atoms with van der Waals surface area (Å²) in [6.07, 6.45) is 0. The fourth-order valence-corrected chi connectivity index (χ4v) is 0.976. The Morgan fingerprint density at radius 3 is 2.36 bits per heavy atom. The van der Waals surface area contributed by atoms with E-state index in [0.717, 1.165) is 4.47 Å². The van der Waals surface area contributed by atoms with Crippen LogP contribution in [0.3, 0.4) is 0 Å². The molecule has 0 aliphatic carbocycles. The SMILES string of the molecule is C[C@H](N)C(=O)Oc1ccc(Br)cc1.Cl. The van der Waals surface area contributed by atoms with Crippen molar-refractivity contribution >= 4 is 34.3 Å². The van der Waals surface area contributed by atoms with Crippen molar-refractivity contribution in [3.05, 3.63) is 28.7 Å². The summed E-state index contributed by atoms with van der Waals surface area (Å²) in [6.45, 7) is 1.58. The Morgan fingerprint density at radius 2 is 1.93 bits per heavy atom. The second kappa shape index (κ2) is 6.01. The number of halogens is 2. The minimum absolute atomic E-state index is 0. The third kappa shape index (κ3) is 4.09. The Hall–Kier alpha value is -0.580. The minimum Gasteiger partial charge on any atom is -0.425 e. The van der Waals surface area contributed by atoms with Crippen molar-refractivity contribution in [1.82, 2.24) is 0 Å². The number of esters is 1. The highest BCUT2D eigenvalue weighted by molar-refractivity contribution is 9.10. The Bertz CT molecular complexity index is 300. The molecule has 0 bridgehead atoms. The zero-order valence-corrected chi connectivity index (χ0v) is 9.97. The summed E-state index contributed by atoms with van der Waals surface area (Å²) < 4.78 is 5.88. The molecule has 2 N–H and O–H groups in total. The van der Waals surface area contributed by atoms with E-state index in [2.05, 4.69) is 15.9 Å². The predicted octanol–water partition coefficient (Wildman–Crippen LogP) is 2.12. The molecule has 1 aromatic rings. The zero-order chi connectivity index (χ0) is 9.84. The maximum absolute atomic E-state index is 11.0. The molecule has 14 heavy (non-hydrogen) atoms. The first-order valence-electron chi connectivity index (χ1n) is 3.82. The van der Waals surface area contributed by atoms with Gasteiger partial charge in [-0.05, 0) is 31.2 Å². The Labute approximate surface area is 97.2 Å². The summed E-state index contributed by atoms with van der Waals surface area (Å²) in [4.78, 5) is 11.0. The number of hydrogen-bond donors (Lipinski definition) is 1. The highest BCUT2D eigenvalue weighted by Crippen LogP contribution is 2.16. The normalized spacial score (nSPS) is 11.4. The number of rotatable bonds is 2. The van der Waals surface area contributed by atoms with Gasteiger partial charge in [-0.15, -0.1) is 12.4 Å². The van der Waals surface area contributed by atoms with E-state index in [1.807, 2.05) is 0 Å². The van der Waals surface area contributed by atoms with Crippen LogP contribution in [0.15, 0.2) is 28.7 Å². The molecule has 0 radical (unpaired) electrons. The lowest BCUT2D eigenvalue weighted by Gasteiger charge is -2.05. The van der Waals surface area contributed by atoms with Gasteiger partial charge in [0.25, 0.3) is 0 Å². The second-order valence-electron chi connectivity index (χ2n) is 2.66. The largest absolute Gasteiger partial charge is 0.425 e. The van der Waals surface area contributed by atoms with E-state index in [9.17, 15) is 4.79 Å². The van der Waals surface area contributed by atoms with Crippen molar-refractivity contribution in [2.45, 2.75) is 13.0 Å². The number of carbonyl (C=O) groups is 1. The summed E-state index contributed by atoms with van der Waals surface area (Å²) in [5.74, 6) is 0.0767. The highest BCUT2D eigenvalue weighted by atomic mass is 79.9. The first-order valence-corrected chi connectivity index (χ1v) is 4.62. The van der Waals surface area contributed by atoms with Crippen LogP contribution < -0.4 is 10.5 Å². The standard InChI is InChI=1S/C9H10BrNO2.ClH/c1-6(11)9(12)13-8-4-2-7(10)3-5-8;/h2-6H,11H2,1H3;1H/t6-;/m0./s1. The molecule has 0 spiro atoms. The Balaban J connectivity index is 0.00000169. The van der Waals surface area contributed by atoms with Crippen molar-refractivity contribution in [2.24, 2.45) is 5.73 Å². The molecule has 0 fully saturated rings. The van der Waals surface area contributed by atoms with Gasteiger partial charge in [0.05, 0.1) is 0 Å². The molecule has 1 aromatic carbocycles. The minimum atomic E-state index is -0.594. The molecule has 0 saturated carbocycles. The maximum Gasteiger partial charge on any atom is 0.328 e. The Kier molecular flexibility index (Phi) is 5.76. The molecule has 0 aliphatic heterocycles. The van der Waals surface area contributed by atoms with E-state index in [4.69, 9.17) is 10.5 Å². The van der Waals surface area contributed by atoms with Gasteiger partial charge in [0, 0.05) is 4.47 Å². The number of nitrogens with two attached hydrogens (primary N) is 1. The van der Waals surface area contributed by atoms with Crippen molar-refractivity contribution in [2.75, 3.05) is 0 Å². The van der Waals surface area contributed by atoms with Crippen LogP contribution in [-0.4, -0.2) is 12.0 Å². The van der Waals surface area contributed by atoms with E-state index >= 15 is 0 Å². The summed E-state index contributed by atoms with van der Waals surface area (Å²) in [7, 11) is 0. The van der Waals surface area contributed by atoms with Gasteiger partial charge in [-0.25, -0.2) is 4.79 Å². The number of benzene rings is 1. The van der Waals surface area contributed by atoms with Crippen molar-refractivity contribution in [1.29, 1.82) is 0 Å².